The fraction of sp³-hybridized carbons (Fsp3) is 0.571. The van der Waals surface area contributed by atoms with E-state index in [0.29, 0.717) is 5.92 Å². The first-order valence-corrected chi connectivity index (χ1v) is 6.47. The molecule has 0 amide bonds. The van der Waals surface area contributed by atoms with Crippen LogP contribution in [0.3, 0.4) is 0 Å². The topological polar surface area (TPSA) is 63.4 Å². The van der Waals surface area contributed by atoms with E-state index in [4.69, 9.17) is 0 Å². The fourth-order valence-electron chi connectivity index (χ4n) is 3.27. The van der Waals surface area contributed by atoms with Gasteiger partial charge in [0.25, 0.3) is 5.69 Å². The minimum Gasteiger partial charge on any atom is -0.393 e. The van der Waals surface area contributed by atoms with Gasteiger partial charge in [-0.3, -0.25) is 10.1 Å². The number of non-ortho nitro benzene ring substituents is 1. The third-order valence-corrected chi connectivity index (χ3v) is 4.64. The lowest BCUT2D eigenvalue weighted by molar-refractivity contribution is -0.384. The molecule has 1 fully saturated rings. The van der Waals surface area contributed by atoms with Gasteiger partial charge in [0, 0.05) is 17.5 Å². The Hall–Kier alpha value is -1.42. The smallest absolute Gasteiger partial charge is 0.269 e. The highest BCUT2D eigenvalue weighted by Gasteiger charge is 2.52. The highest BCUT2D eigenvalue weighted by Crippen LogP contribution is 2.57. The van der Waals surface area contributed by atoms with Crippen LogP contribution in [0.2, 0.25) is 0 Å². The number of nitrogens with zero attached hydrogens (tertiary/aromatic N) is 1. The minimum atomic E-state index is -0.383. The molecule has 0 bridgehead atoms. The van der Waals surface area contributed by atoms with Crippen LogP contribution in [-0.2, 0) is 0 Å². The largest absolute Gasteiger partial charge is 0.393 e. The predicted octanol–water partition coefficient (Wildman–Crippen LogP) is 3.25. The van der Waals surface area contributed by atoms with Crippen molar-refractivity contribution in [2.24, 2.45) is 5.41 Å². The van der Waals surface area contributed by atoms with E-state index in [1.807, 2.05) is 12.1 Å². The highest BCUT2D eigenvalue weighted by atomic mass is 16.6. The number of rotatable bonds is 4. The molecule has 0 saturated heterocycles. The summed E-state index contributed by atoms with van der Waals surface area (Å²) >= 11 is 0. The molecule has 0 spiro atoms. The van der Waals surface area contributed by atoms with Crippen LogP contribution in [0.25, 0.3) is 0 Å². The van der Waals surface area contributed by atoms with E-state index < -0.39 is 0 Å². The van der Waals surface area contributed by atoms with E-state index in [2.05, 4.69) is 13.8 Å². The van der Waals surface area contributed by atoms with Crippen molar-refractivity contribution in [3.63, 3.8) is 0 Å². The van der Waals surface area contributed by atoms with E-state index in [-0.39, 0.29) is 22.1 Å². The van der Waals surface area contributed by atoms with Crippen molar-refractivity contribution in [2.75, 3.05) is 0 Å². The van der Waals surface area contributed by atoms with Gasteiger partial charge in [-0.2, -0.15) is 0 Å². The summed E-state index contributed by atoms with van der Waals surface area (Å²) in [5, 5.41) is 20.6. The Morgan fingerprint density at radius 3 is 2.28 bits per heavy atom. The monoisotopic (exact) mass is 249 g/mol. The van der Waals surface area contributed by atoms with Crippen molar-refractivity contribution in [3.05, 3.63) is 39.9 Å². The van der Waals surface area contributed by atoms with E-state index in [0.717, 1.165) is 24.8 Å². The molecule has 18 heavy (non-hydrogen) atoms. The Labute approximate surface area is 107 Å². The van der Waals surface area contributed by atoms with Gasteiger partial charge in [0.15, 0.2) is 0 Å². The number of hydrogen-bond donors (Lipinski definition) is 1. The van der Waals surface area contributed by atoms with Crippen LogP contribution in [0, 0.1) is 15.5 Å². The summed E-state index contributed by atoms with van der Waals surface area (Å²) in [6.45, 7) is 4.20. The van der Waals surface area contributed by atoms with Crippen molar-refractivity contribution >= 4 is 5.69 Å². The van der Waals surface area contributed by atoms with Gasteiger partial charge in [0.05, 0.1) is 11.0 Å². The highest BCUT2D eigenvalue weighted by molar-refractivity contribution is 5.37. The lowest BCUT2D eigenvalue weighted by atomic mass is 9.53. The van der Waals surface area contributed by atoms with Gasteiger partial charge in [0.1, 0.15) is 0 Å². The quantitative estimate of drug-likeness (QED) is 0.658. The molecule has 1 aromatic carbocycles. The SMILES string of the molecule is CCC1(CC)C(O)CC1c1ccc([N+](=O)[O-])cc1. The molecule has 2 atom stereocenters. The standard InChI is InChI=1S/C14H19NO3/c1-3-14(4-2)12(9-13(14)16)10-5-7-11(8-6-10)15(17)18/h5-8,12-13,16H,3-4,9H2,1-2H3. The Morgan fingerprint density at radius 1 is 1.33 bits per heavy atom. The molecule has 1 aliphatic rings. The summed E-state index contributed by atoms with van der Waals surface area (Å²) in [7, 11) is 0. The summed E-state index contributed by atoms with van der Waals surface area (Å²) in [6.07, 6.45) is 2.39. The number of nitro groups is 1. The second kappa shape index (κ2) is 4.69. The van der Waals surface area contributed by atoms with Crippen molar-refractivity contribution in [1.29, 1.82) is 0 Å². The Bertz CT molecular complexity index is 437. The van der Waals surface area contributed by atoms with E-state index in [9.17, 15) is 15.2 Å². The van der Waals surface area contributed by atoms with Gasteiger partial charge >= 0.3 is 0 Å². The van der Waals surface area contributed by atoms with E-state index in [1.165, 1.54) is 0 Å². The number of aliphatic hydroxyl groups excluding tert-OH is 1. The van der Waals surface area contributed by atoms with Gasteiger partial charge in [0.2, 0.25) is 0 Å². The van der Waals surface area contributed by atoms with Gasteiger partial charge in [-0.05, 0) is 30.7 Å². The van der Waals surface area contributed by atoms with E-state index >= 15 is 0 Å². The normalized spacial score (nSPS) is 25.5. The first-order valence-electron chi connectivity index (χ1n) is 6.47. The van der Waals surface area contributed by atoms with Crippen LogP contribution in [0.1, 0.15) is 44.6 Å². The van der Waals surface area contributed by atoms with Crippen LogP contribution < -0.4 is 0 Å². The molecule has 0 aromatic heterocycles. The van der Waals surface area contributed by atoms with Crippen LogP contribution >= 0.6 is 0 Å². The second-order valence-corrected chi connectivity index (χ2v) is 5.09. The maximum atomic E-state index is 10.6. The Balaban J connectivity index is 2.25. The molecule has 1 aliphatic carbocycles. The van der Waals surface area contributed by atoms with Crippen LogP contribution in [-0.4, -0.2) is 16.1 Å². The molecule has 4 nitrogen and oxygen atoms in total. The third kappa shape index (κ3) is 1.81. The van der Waals surface area contributed by atoms with Crippen molar-refractivity contribution in [1.82, 2.24) is 0 Å². The molecule has 1 N–H and O–H groups in total. The van der Waals surface area contributed by atoms with Gasteiger partial charge in [-0.25, -0.2) is 0 Å². The zero-order chi connectivity index (χ0) is 13.3. The summed E-state index contributed by atoms with van der Waals surface area (Å²) < 4.78 is 0. The fourth-order valence-corrected chi connectivity index (χ4v) is 3.27. The van der Waals surface area contributed by atoms with Gasteiger partial charge in [-0.1, -0.05) is 26.0 Å². The maximum absolute atomic E-state index is 10.6. The molecule has 2 rings (SSSR count). The molecule has 0 aliphatic heterocycles. The van der Waals surface area contributed by atoms with Crippen LogP contribution in [0.5, 0.6) is 0 Å². The van der Waals surface area contributed by atoms with E-state index in [1.54, 1.807) is 12.1 Å². The molecular formula is C14H19NO3. The summed E-state index contributed by atoms with van der Waals surface area (Å²) in [5.74, 6) is 0.323. The number of nitro benzene ring substituents is 1. The van der Waals surface area contributed by atoms with Gasteiger partial charge in [-0.15, -0.1) is 0 Å². The average Bonchev–Trinajstić information content (AvgIpc) is 2.37. The zero-order valence-electron chi connectivity index (χ0n) is 10.8. The predicted molar refractivity (Wildman–Crippen MR) is 69.5 cm³/mol. The van der Waals surface area contributed by atoms with Crippen molar-refractivity contribution in [2.45, 2.75) is 45.1 Å². The summed E-state index contributed by atoms with van der Waals surface area (Å²) in [4.78, 5) is 10.2. The number of hydrogen-bond acceptors (Lipinski definition) is 3. The van der Waals surface area contributed by atoms with Crippen LogP contribution in [0.15, 0.2) is 24.3 Å². The first kappa shape index (κ1) is 13.0. The molecule has 0 heterocycles. The lowest BCUT2D eigenvalue weighted by Gasteiger charge is -2.53. The summed E-state index contributed by atoms with van der Waals surface area (Å²) in [6, 6.07) is 6.76. The average molecular weight is 249 g/mol. The zero-order valence-corrected chi connectivity index (χ0v) is 10.8. The number of benzene rings is 1. The Morgan fingerprint density at radius 2 is 1.89 bits per heavy atom. The molecule has 0 radical (unpaired) electrons. The van der Waals surface area contributed by atoms with Crippen LogP contribution in [0.4, 0.5) is 5.69 Å². The first-order chi connectivity index (χ1) is 8.55. The van der Waals surface area contributed by atoms with Gasteiger partial charge < -0.3 is 5.11 Å². The second-order valence-electron chi connectivity index (χ2n) is 5.09. The third-order valence-electron chi connectivity index (χ3n) is 4.64. The number of aliphatic hydroxyl groups is 1. The molecule has 4 heteroatoms. The van der Waals surface area contributed by atoms with Crippen molar-refractivity contribution in [3.8, 4) is 0 Å². The molecule has 1 aromatic rings. The van der Waals surface area contributed by atoms with Crippen molar-refractivity contribution < 1.29 is 10.0 Å². The maximum Gasteiger partial charge on any atom is 0.269 e. The molecular weight excluding hydrogens is 230 g/mol. The Kier molecular flexibility index (Phi) is 3.39. The minimum absolute atomic E-state index is 0.0455. The molecule has 2 unspecified atom stereocenters. The lowest BCUT2D eigenvalue weighted by Crippen LogP contribution is -2.50. The summed E-state index contributed by atoms with van der Waals surface area (Å²) in [5.41, 5.74) is 1.18. The molecule has 1 saturated carbocycles. The molecule has 98 valence electrons.